The van der Waals surface area contributed by atoms with Crippen molar-refractivity contribution >= 4 is 86.9 Å². The molecule has 0 spiro atoms. The van der Waals surface area contributed by atoms with Crippen LogP contribution in [0.3, 0.4) is 0 Å². The number of nitrogens with one attached hydrogen (secondary N) is 1. The van der Waals surface area contributed by atoms with Gasteiger partial charge in [0.15, 0.2) is 0 Å². The Hall–Kier alpha value is -6.50. The Morgan fingerprint density at radius 2 is 1.18 bits per heavy atom. The van der Waals surface area contributed by atoms with Gasteiger partial charge >= 0.3 is 0 Å². The fraction of sp³-hybridized carbons (Fsp3) is 0.0222. The van der Waals surface area contributed by atoms with Crippen molar-refractivity contribution in [3.8, 4) is 11.1 Å². The van der Waals surface area contributed by atoms with Crippen molar-refractivity contribution in [3.63, 3.8) is 0 Å². The van der Waals surface area contributed by atoms with E-state index in [9.17, 15) is 0 Å². The fourth-order valence-electron chi connectivity index (χ4n) is 7.70. The Bertz CT molecular complexity index is 3070. The maximum Gasteiger partial charge on any atom is 0.224 e. The fourth-order valence-corrected chi connectivity index (χ4v) is 8.92. The summed E-state index contributed by atoms with van der Waals surface area (Å²) in [7, 11) is 0. The molecule has 0 radical (unpaired) electrons. The van der Waals surface area contributed by atoms with E-state index >= 15 is 0 Å². The smallest absolute Gasteiger partial charge is 0.224 e. The first-order chi connectivity index (χ1) is 25.3. The second-order valence-corrected chi connectivity index (χ2v) is 14.1. The Morgan fingerprint density at radius 1 is 0.490 bits per heavy atom. The molecule has 0 amide bonds. The van der Waals surface area contributed by atoms with E-state index in [1.54, 1.807) is 0 Å². The molecule has 1 aliphatic rings. The van der Waals surface area contributed by atoms with Crippen LogP contribution in [0.2, 0.25) is 0 Å². The predicted molar refractivity (Wildman–Crippen MR) is 213 cm³/mol. The summed E-state index contributed by atoms with van der Waals surface area (Å²) in [6.07, 6.45) is -0.527. The molecule has 11 rings (SSSR count). The summed E-state index contributed by atoms with van der Waals surface area (Å²) in [6, 6.07) is 55.5. The lowest BCUT2D eigenvalue weighted by Gasteiger charge is -2.24. The van der Waals surface area contributed by atoms with E-state index in [2.05, 4.69) is 149 Å². The largest absolute Gasteiger partial charge is 0.456 e. The van der Waals surface area contributed by atoms with Crippen molar-refractivity contribution in [1.82, 2.24) is 9.88 Å². The van der Waals surface area contributed by atoms with Crippen LogP contribution in [-0.4, -0.2) is 16.2 Å². The van der Waals surface area contributed by atoms with Gasteiger partial charge in [-0.2, -0.15) is 0 Å². The molecule has 5 nitrogen and oxygen atoms in total. The monoisotopic (exact) mass is 672 g/mol. The van der Waals surface area contributed by atoms with Gasteiger partial charge in [-0.3, -0.25) is 4.57 Å². The van der Waals surface area contributed by atoms with E-state index in [-0.39, 0.29) is 0 Å². The van der Waals surface area contributed by atoms with Crippen molar-refractivity contribution in [1.29, 1.82) is 0 Å². The molecule has 6 heteroatoms. The lowest BCUT2D eigenvalue weighted by Crippen LogP contribution is -2.37. The molecule has 4 heterocycles. The van der Waals surface area contributed by atoms with Crippen molar-refractivity contribution in [3.05, 3.63) is 169 Å². The minimum Gasteiger partial charge on any atom is -0.456 e. The van der Waals surface area contributed by atoms with Gasteiger partial charge in [0, 0.05) is 52.8 Å². The Balaban J connectivity index is 1.10. The average molecular weight is 673 g/mol. The Labute approximate surface area is 296 Å². The second kappa shape index (κ2) is 11.0. The summed E-state index contributed by atoms with van der Waals surface area (Å²) in [5.74, 6) is 1.61. The topological polar surface area (TPSA) is 54.8 Å². The number of amidine groups is 2. The summed E-state index contributed by atoms with van der Waals surface area (Å²) in [6.45, 7) is 0. The quantitative estimate of drug-likeness (QED) is 0.202. The first-order valence-corrected chi connectivity index (χ1v) is 17.9. The van der Waals surface area contributed by atoms with E-state index in [1.165, 1.54) is 20.2 Å². The molecule has 0 fully saturated rings. The Morgan fingerprint density at radius 3 is 2.10 bits per heavy atom. The number of furan rings is 1. The second-order valence-electron chi connectivity index (χ2n) is 13.0. The van der Waals surface area contributed by atoms with Crippen molar-refractivity contribution in [2.75, 3.05) is 0 Å². The lowest BCUT2D eigenvalue weighted by atomic mass is 10.0. The zero-order valence-electron chi connectivity index (χ0n) is 27.2. The standard InChI is InChI=1S/C45H28N4OS/c1-2-11-27(12-3-1)43-46-44(35-17-10-16-34-33-15-6-9-20-41(33)51-42(34)35)48-45(47-43)49-37-18-7-4-13-30(37)36-25-28(22-24-38(36)49)29-21-23-32-31-14-5-8-19-39(31)50-40(32)26-29/h1-26,45H,(H,46,47,48). The van der Waals surface area contributed by atoms with Gasteiger partial charge in [-0.25, -0.2) is 9.98 Å². The van der Waals surface area contributed by atoms with Gasteiger partial charge in [0.2, 0.25) is 6.29 Å². The number of hydrogen-bond acceptors (Lipinski definition) is 5. The summed E-state index contributed by atoms with van der Waals surface area (Å²) in [4.78, 5) is 10.7. The molecule has 0 bridgehead atoms. The van der Waals surface area contributed by atoms with E-state index in [1.807, 2.05) is 29.5 Å². The van der Waals surface area contributed by atoms with Gasteiger partial charge in [-0.15, -0.1) is 11.3 Å². The molecule has 0 saturated heterocycles. The van der Waals surface area contributed by atoms with Crippen LogP contribution in [-0.2, 0) is 0 Å². The third kappa shape index (κ3) is 4.40. The van der Waals surface area contributed by atoms with Gasteiger partial charge < -0.3 is 9.73 Å². The summed E-state index contributed by atoms with van der Waals surface area (Å²) < 4.78 is 11.0. The van der Waals surface area contributed by atoms with Crippen molar-refractivity contribution in [2.24, 2.45) is 9.98 Å². The number of thiophene rings is 1. The molecular weight excluding hydrogens is 645 g/mol. The highest BCUT2D eigenvalue weighted by atomic mass is 32.1. The molecule has 51 heavy (non-hydrogen) atoms. The summed E-state index contributed by atoms with van der Waals surface area (Å²) in [5.41, 5.74) is 8.30. The van der Waals surface area contributed by atoms with Crippen LogP contribution < -0.4 is 5.32 Å². The van der Waals surface area contributed by atoms with Crippen LogP contribution in [0.25, 0.3) is 75.0 Å². The molecule has 7 aromatic carbocycles. The highest BCUT2D eigenvalue weighted by Crippen LogP contribution is 2.40. The van der Waals surface area contributed by atoms with Crippen LogP contribution in [0.4, 0.5) is 0 Å². The molecule has 1 N–H and O–H groups in total. The number of rotatable bonds is 4. The normalized spacial score (nSPS) is 14.9. The zero-order valence-corrected chi connectivity index (χ0v) is 28.1. The number of aliphatic imine (C=N–C) groups is 2. The highest BCUT2D eigenvalue weighted by Gasteiger charge is 2.25. The van der Waals surface area contributed by atoms with E-state index < -0.39 is 6.29 Å². The third-order valence-corrected chi connectivity index (χ3v) is 11.3. The van der Waals surface area contributed by atoms with Crippen LogP contribution >= 0.6 is 11.3 Å². The average Bonchev–Trinajstić information content (AvgIpc) is 3.87. The number of hydrogen-bond donors (Lipinski definition) is 1. The molecule has 240 valence electrons. The summed E-state index contributed by atoms with van der Waals surface area (Å²) >= 11 is 1.81. The Kier molecular flexibility index (Phi) is 6.12. The van der Waals surface area contributed by atoms with Crippen LogP contribution in [0.15, 0.2) is 172 Å². The number of fused-ring (bicyclic) bond motifs is 9. The maximum absolute atomic E-state index is 6.25. The predicted octanol–water partition coefficient (Wildman–Crippen LogP) is 11.7. The van der Waals surface area contributed by atoms with Crippen LogP contribution in [0, 0.1) is 0 Å². The van der Waals surface area contributed by atoms with Crippen molar-refractivity contribution < 1.29 is 4.42 Å². The maximum atomic E-state index is 6.25. The molecule has 10 aromatic rings. The number of aromatic nitrogens is 1. The van der Waals surface area contributed by atoms with Gasteiger partial charge in [0.25, 0.3) is 0 Å². The first kappa shape index (κ1) is 28.3. The summed E-state index contributed by atoms with van der Waals surface area (Å²) in [5, 5.41) is 10.7. The molecular formula is C45H28N4OS. The van der Waals surface area contributed by atoms with E-state index in [0.717, 1.165) is 77.7 Å². The van der Waals surface area contributed by atoms with E-state index in [4.69, 9.17) is 14.4 Å². The number of nitrogens with zero attached hydrogens (tertiary/aromatic N) is 3. The van der Waals surface area contributed by atoms with Crippen molar-refractivity contribution in [2.45, 2.75) is 6.29 Å². The number of para-hydroxylation sites is 2. The zero-order chi connectivity index (χ0) is 33.5. The number of benzene rings is 7. The van der Waals surface area contributed by atoms with Gasteiger partial charge in [-0.1, -0.05) is 109 Å². The lowest BCUT2D eigenvalue weighted by molar-refractivity contribution is 0.575. The molecule has 3 aromatic heterocycles. The minimum absolute atomic E-state index is 0.527. The first-order valence-electron chi connectivity index (χ1n) is 17.1. The van der Waals surface area contributed by atoms with Gasteiger partial charge in [0.1, 0.15) is 22.8 Å². The van der Waals surface area contributed by atoms with Gasteiger partial charge in [-0.05, 0) is 59.7 Å². The van der Waals surface area contributed by atoms with Crippen LogP contribution in [0.1, 0.15) is 17.4 Å². The van der Waals surface area contributed by atoms with Gasteiger partial charge in [0.05, 0.1) is 11.0 Å². The van der Waals surface area contributed by atoms with E-state index in [0.29, 0.717) is 0 Å². The molecule has 0 saturated carbocycles. The highest BCUT2D eigenvalue weighted by molar-refractivity contribution is 7.26. The van der Waals surface area contributed by atoms with Crippen LogP contribution in [0.5, 0.6) is 0 Å². The molecule has 1 atom stereocenters. The third-order valence-electron chi connectivity index (χ3n) is 10.1. The molecule has 1 unspecified atom stereocenters. The SMILES string of the molecule is c1ccc(C2=NC(n3c4ccccc4c4cc(-c5ccc6c(c5)oc5ccccc56)ccc43)N=C(c3cccc4c3sc3ccccc34)N2)cc1. The minimum atomic E-state index is -0.527. The molecule has 1 aliphatic heterocycles. The molecule has 0 aliphatic carbocycles.